The third-order valence-corrected chi connectivity index (χ3v) is 7.53. The zero-order valence-electron chi connectivity index (χ0n) is 20.3. The molecule has 0 N–H and O–H groups in total. The fourth-order valence-corrected chi connectivity index (χ4v) is 5.51. The van der Waals surface area contributed by atoms with Crippen LogP contribution in [0, 0.1) is 17.8 Å². The summed E-state index contributed by atoms with van der Waals surface area (Å²) in [4.78, 5) is 0. The van der Waals surface area contributed by atoms with E-state index in [2.05, 4.69) is 20.8 Å². The van der Waals surface area contributed by atoms with Gasteiger partial charge in [-0.05, 0) is 24.2 Å². The number of hydrogen-bond acceptors (Lipinski definition) is 0. The molecule has 1 aliphatic carbocycles. The first-order chi connectivity index (χ1) is 13.7. The Kier molecular flexibility index (Phi) is 17.7. The van der Waals surface area contributed by atoms with E-state index in [0.29, 0.717) is 0 Å². The van der Waals surface area contributed by atoms with Gasteiger partial charge in [0.05, 0.1) is 0 Å². The maximum atomic E-state index is 2.59. The minimum atomic E-state index is 0.942. The number of hydrogen-bond donors (Lipinski definition) is 0. The van der Waals surface area contributed by atoms with Gasteiger partial charge in [0.25, 0.3) is 0 Å². The first kappa shape index (κ1) is 26.0. The highest BCUT2D eigenvalue weighted by Gasteiger charge is 2.19. The zero-order chi connectivity index (χ0) is 20.3. The van der Waals surface area contributed by atoms with E-state index < -0.39 is 0 Å². The van der Waals surface area contributed by atoms with Crippen LogP contribution in [0.1, 0.15) is 162 Å². The molecule has 0 aliphatic heterocycles. The molecule has 0 bridgehead atoms. The van der Waals surface area contributed by atoms with Crippen LogP contribution in [0.15, 0.2) is 0 Å². The first-order valence-corrected chi connectivity index (χ1v) is 13.7. The summed E-state index contributed by atoms with van der Waals surface area (Å²) in [6.45, 7) is 7.45. The lowest BCUT2D eigenvalue weighted by atomic mass is 9.79. The molecule has 0 heterocycles. The minimum Gasteiger partial charge on any atom is -0.0654 e. The molecule has 0 saturated heterocycles. The summed E-state index contributed by atoms with van der Waals surface area (Å²) in [6, 6.07) is 0. The Labute approximate surface area is 180 Å². The van der Waals surface area contributed by atoms with E-state index in [4.69, 9.17) is 0 Å². The van der Waals surface area contributed by atoms with Gasteiger partial charge in [-0.15, -0.1) is 0 Å². The van der Waals surface area contributed by atoms with Gasteiger partial charge in [-0.25, -0.2) is 0 Å². The summed E-state index contributed by atoms with van der Waals surface area (Å²) in [5.41, 5.74) is 0. The van der Waals surface area contributed by atoms with Gasteiger partial charge in [-0.3, -0.25) is 0 Å². The van der Waals surface area contributed by atoms with Crippen molar-refractivity contribution in [2.45, 2.75) is 162 Å². The second-order valence-corrected chi connectivity index (χ2v) is 10.5. The molecule has 2 atom stereocenters. The first-order valence-electron chi connectivity index (χ1n) is 13.7. The Morgan fingerprint density at radius 2 is 1.00 bits per heavy atom. The predicted octanol–water partition coefficient (Wildman–Crippen LogP) is 10.5. The van der Waals surface area contributed by atoms with Crippen LogP contribution < -0.4 is 0 Å². The van der Waals surface area contributed by atoms with Gasteiger partial charge in [0.15, 0.2) is 0 Å². The summed E-state index contributed by atoms with van der Waals surface area (Å²) in [7, 11) is 0. The van der Waals surface area contributed by atoms with Gasteiger partial charge in [-0.1, -0.05) is 156 Å². The van der Waals surface area contributed by atoms with E-state index in [-0.39, 0.29) is 0 Å². The molecule has 168 valence electrons. The third-order valence-electron chi connectivity index (χ3n) is 7.53. The van der Waals surface area contributed by atoms with Crippen molar-refractivity contribution in [3.63, 3.8) is 0 Å². The van der Waals surface area contributed by atoms with E-state index in [0.717, 1.165) is 17.8 Å². The molecule has 2 unspecified atom stereocenters. The van der Waals surface area contributed by atoms with Crippen molar-refractivity contribution in [2.24, 2.45) is 17.8 Å². The maximum Gasteiger partial charge on any atom is -0.0388 e. The van der Waals surface area contributed by atoms with Crippen LogP contribution in [-0.2, 0) is 0 Å². The summed E-state index contributed by atoms with van der Waals surface area (Å²) >= 11 is 0. The average molecular weight is 393 g/mol. The molecule has 0 amide bonds. The summed E-state index contributed by atoms with van der Waals surface area (Å²) in [5, 5.41) is 0. The highest BCUT2D eigenvalue weighted by molar-refractivity contribution is 4.70. The monoisotopic (exact) mass is 392 g/mol. The van der Waals surface area contributed by atoms with E-state index in [1.807, 2.05) is 0 Å². The maximum absolute atomic E-state index is 2.59. The highest BCUT2D eigenvalue weighted by Crippen LogP contribution is 2.31. The van der Waals surface area contributed by atoms with Crippen LogP contribution >= 0.6 is 0 Å². The van der Waals surface area contributed by atoms with Crippen LogP contribution in [0.5, 0.6) is 0 Å². The van der Waals surface area contributed by atoms with Gasteiger partial charge in [0, 0.05) is 0 Å². The van der Waals surface area contributed by atoms with Crippen molar-refractivity contribution in [3.8, 4) is 0 Å². The Balaban J connectivity index is 2.32. The lowest BCUT2D eigenvalue weighted by Gasteiger charge is -2.27. The fraction of sp³-hybridized carbons (Fsp3) is 1.00. The average Bonchev–Trinajstić information content (AvgIpc) is 2.67. The van der Waals surface area contributed by atoms with Crippen molar-refractivity contribution in [2.75, 3.05) is 0 Å². The summed E-state index contributed by atoms with van der Waals surface area (Å²) in [5.74, 6) is 2.90. The van der Waals surface area contributed by atoms with Crippen LogP contribution in [0.3, 0.4) is 0 Å². The third kappa shape index (κ3) is 14.9. The molecular formula is C28H56. The van der Waals surface area contributed by atoms with Crippen molar-refractivity contribution in [1.29, 1.82) is 0 Å². The number of rotatable bonds is 9. The fourth-order valence-electron chi connectivity index (χ4n) is 5.51. The lowest BCUT2D eigenvalue weighted by molar-refractivity contribution is 0.246. The second-order valence-electron chi connectivity index (χ2n) is 10.5. The zero-order valence-corrected chi connectivity index (χ0v) is 20.3. The molecule has 0 heteroatoms. The van der Waals surface area contributed by atoms with Crippen LogP contribution in [0.2, 0.25) is 0 Å². The van der Waals surface area contributed by atoms with E-state index in [1.165, 1.54) is 141 Å². The van der Waals surface area contributed by atoms with Crippen molar-refractivity contribution in [1.82, 2.24) is 0 Å². The van der Waals surface area contributed by atoms with Gasteiger partial charge >= 0.3 is 0 Å². The summed E-state index contributed by atoms with van der Waals surface area (Å²) in [6.07, 6.45) is 32.7. The molecule has 1 rings (SSSR count). The van der Waals surface area contributed by atoms with Crippen molar-refractivity contribution >= 4 is 0 Å². The Morgan fingerprint density at radius 1 is 0.571 bits per heavy atom. The van der Waals surface area contributed by atoms with Crippen LogP contribution in [-0.4, -0.2) is 0 Å². The lowest BCUT2D eigenvalue weighted by Crippen LogP contribution is -2.15. The van der Waals surface area contributed by atoms with Gasteiger partial charge < -0.3 is 0 Å². The van der Waals surface area contributed by atoms with Crippen LogP contribution in [0.25, 0.3) is 0 Å². The molecule has 0 spiro atoms. The molecule has 1 saturated carbocycles. The van der Waals surface area contributed by atoms with E-state index in [9.17, 15) is 0 Å². The van der Waals surface area contributed by atoms with E-state index in [1.54, 1.807) is 0 Å². The largest absolute Gasteiger partial charge is 0.0654 e. The van der Waals surface area contributed by atoms with Gasteiger partial charge in [0.2, 0.25) is 0 Å². The second kappa shape index (κ2) is 19.0. The Bertz CT molecular complexity index is 291. The van der Waals surface area contributed by atoms with E-state index >= 15 is 0 Å². The van der Waals surface area contributed by atoms with Gasteiger partial charge in [0.1, 0.15) is 0 Å². The summed E-state index contributed by atoms with van der Waals surface area (Å²) < 4.78 is 0. The Hall–Kier alpha value is 0. The molecule has 1 aliphatic rings. The minimum absolute atomic E-state index is 0.942. The smallest absolute Gasteiger partial charge is 0.0388 e. The molecule has 0 radical (unpaired) electrons. The molecule has 0 aromatic heterocycles. The van der Waals surface area contributed by atoms with Gasteiger partial charge in [-0.2, -0.15) is 0 Å². The normalized spacial score (nSPS) is 22.0. The molecule has 0 aromatic carbocycles. The topological polar surface area (TPSA) is 0 Å². The highest BCUT2D eigenvalue weighted by atomic mass is 14.2. The molecule has 28 heavy (non-hydrogen) atoms. The molecule has 0 aromatic rings. The number of unbranched alkanes of at least 4 members (excludes halogenated alkanes) is 4. The quantitative estimate of drug-likeness (QED) is 0.342. The van der Waals surface area contributed by atoms with Crippen molar-refractivity contribution < 1.29 is 0 Å². The standard InChI is InChI=1S/C28H56/c1-4-5-6-16-19-22-26(2)25-27(3)28-23-20-17-14-12-10-8-7-9-11-13-15-18-21-24-28/h26-28H,4-25H2,1-3H3. The molecule has 1 fully saturated rings. The van der Waals surface area contributed by atoms with Crippen LogP contribution in [0.4, 0.5) is 0 Å². The SMILES string of the molecule is CCCCCCCC(C)CC(C)C1CCCCCCCCCCCCCCC1. The molecular weight excluding hydrogens is 336 g/mol. The molecule has 0 nitrogen and oxygen atoms in total. The Morgan fingerprint density at radius 3 is 1.46 bits per heavy atom. The predicted molar refractivity (Wildman–Crippen MR) is 129 cm³/mol. The van der Waals surface area contributed by atoms with Crippen molar-refractivity contribution in [3.05, 3.63) is 0 Å².